The highest BCUT2D eigenvalue weighted by molar-refractivity contribution is 5.29. The molecule has 2 rings (SSSR count). The Morgan fingerprint density at radius 3 is 2.43 bits per heavy atom. The lowest BCUT2D eigenvalue weighted by atomic mass is 10.0. The smallest absolute Gasteiger partial charge is 0.118 e. The highest BCUT2D eigenvalue weighted by Gasteiger charge is 2.12. The van der Waals surface area contributed by atoms with Crippen LogP contribution in [0.2, 0.25) is 0 Å². The van der Waals surface area contributed by atoms with Gasteiger partial charge in [-0.2, -0.15) is 5.10 Å². The minimum Gasteiger partial charge on any atom is -0.497 e. The highest BCUT2D eigenvalue weighted by Crippen LogP contribution is 2.20. The van der Waals surface area contributed by atoms with E-state index < -0.39 is 0 Å². The summed E-state index contributed by atoms with van der Waals surface area (Å²) >= 11 is 0. The van der Waals surface area contributed by atoms with Gasteiger partial charge >= 0.3 is 0 Å². The molecule has 0 radical (unpaired) electrons. The summed E-state index contributed by atoms with van der Waals surface area (Å²) < 4.78 is 7.08. The van der Waals surface area contributed by atoms with Gasteiger partial charge < -0.3 is 10.1 Å². The van der Waals surface area contributed by atoms with Gasteiger partial charge in [-0.15, -0.1) is 0 Å². The molecular weight excluding hydrogens is 262 g/mol. The van der Waals surface area contributed by atoms with Crippen LogP contribution in [0.15, 0.2) is 30.5 Å². The molecule has 0 saturated carbocycles. The van der Waals surface area contributed by atoms with Crippen LogP contribution in [0.1, 0.15) is 49.6 Å². The van der Waals surface area contributed by atoms with Crippen LogP contribution < -0.4 is 10.1 Å². The molecule has 0 saturated heterocycles. The molecule has 2 aromatic rings. The van der Waals surface area contributed by atoms with E-state index in [1.165, 1.54) is 16.8 Å². The molecule has 114 valence electrons. The molecule has 1 heterocycles. The van der Waals surface area contributed by atoms with E-state index in [-0.39, 0.29) is 6.04 Å². The third kappa shape index (κ3) is 3.85. The molecule has 1 aromatic heterocycles. The molecule has 0 aliphatic carbocycles. The second-order valence-electron chi connectivity index (χ2n) is 5.74. The van der Waals surface area contributed by atoms with Gasteiger partial charge in [-0.3, -0.25) is 4.68 Å². The summed E-state index contributed by atoms with van der Waals surface area (Å²) in [7, 11) is 3.66. The van der Waals surface area contributed by atoms with Crippen molar-refractivity contribution >= 4 is 0 Å². The lowest BCUT2D eigenvalue weighted by Crippen LogP contribution is -2.18. The summed E-state index contributed by atoms with van der Waals surface area (Å²) in [5.74, 6) is 1.33. The number of hydrogen-bond donors (Lipinski definition) is 1. The van der Waals surface area contributed by atoms with Crippen molar-refractivity contribution in [1.29, 1.82) is 0 Å². The van der Waals surface area contributed by atoms with Crippen molar-refractivity contribution in [3.63, 3.8) is 0 Å². The average Bonchev–Trinajstić information content (AvgIpc) is 2.86. The number of hydrogen-bond acceptors (Lipinski definition) is 3. The van der Waals surface area contributed by atoms with Gasteiger partial charge in [0, 0.05) is 31.4 Å². The van der Waals surface area contributed by atoms with Crippen molar-refractivity contribution < 1.29 is 4.74 Å². The van der Waals surface area contributed by atoms with E-state index in [9.17, 15) is 0 Å². The maximum atomic E-state index is 5.19. The van der Waals surface area contributed by atoms with E-state index in [1.807, 2.05) is 23.9 Å². The number of aryl methyl sites for hydroxylation is 1. The number of aromatic nitrogens is 2. The van der Waals surface area contributed by atoms with Crippen molar-refractivity contribution in [3.8, 4) is 5.75 Å². The van der Waals surface area contributed by atoms with Crippen molar-refractivity contribution in [2.24, 2.45) is 7.05 Å². The maximum absolute atomic E-state index is 5.19. The Kier molecular flexibility index (Phi) is 5.02. The zero-order chi connectivity index (χ0) is 15.4. The van der Waals surface area contributed by atoms with Crippen LogP contribution in [-0.2, 0) is 13.6 Å². The first-order valence-electron chi connectivity index (χ1n) is 7.41. The van der Waals surface area contributed by atoms with Gasteiger partial charge in [0.05, 0.1) is 12.8 Å². The van der Waals surface area contributed by atoms with Gasteiger partial charge in [0.2, 0.25) is 0 Å². The number of nitrogens with one attached hydrogen (secondary N) is 1. The third-order valence-electron chi connectivity index (χ3n) is 3.70. The summed E-state index contributed by atoms with van der Waals surface area (Å²) in [6.07, 6.45) is 2.10. The fourth-order valence-electron chi connectivity index (χ4n) is 2.45. The molecule has 1 unspecified atom stereocenters. The van der Waals surface area contributed by atoms with Crippen LogP contribution >= 0.6 is 0 Å². The van der Waals surface area contributed by atoms with E-state index in [2.05, 4.69) is 49.5 Å². The number of nitrogens with zero attached hydrogens (tertiary/aromatic N) is 2. The van der Waals surface area contributed by atoms with Gasteiger partial charge in [-0.05, 0) is 30.5 Å². The molecule has 0 fully saturated rings. The van der Waals surface area contributed by atoms with E-state index in [0.29, 0.717) is 5.92 Å². The van der Waals surface area contributed by atoms with Gasteiger partial charge in [0.15, 0.2) is 0 Å². The Morgan fingerprint density at radius 1 is 1.19 bits per heavy atom. The van der Waals surface area contributed by atoms with Gasteiger partial charge in [0.1, 0.15) is 5.75 Å². The molecule has 0 aliphatic rings. The molecule has 1 N–H and O–H groups in total. The Balaban J connectivity index is 2.01. The zero-order valence-corrected chi connectivity index (χ0v) is 13.6. The predicted molar refractivity (Wildman–Crippen MR) is 85.5 cm³/mol. The van der Waals surface area contributed by atoms with Crippen molar-refractivity contribution in [2.75, 3.05) is 7.11 Å². The molecular formula is C17H25N3O. The van der Waals surface area contributed by atoms with Crippen LogP contribution in [0.25, 0.3) is 0 Å². The molecule has 0 aliphatic heterocycles. The minimum atomic E-state index is 0.288. The van der Waals surface area contributed by atoms with Gasteiger partial charge in [-0.25, -0.2) is 0 Å². The molecule has 0 bridgehead atoms. The first-order valence-corrected chi connectivity index (χ1v) is 7.41. The van der Waals surface area contributed by atoms with E-state index in [1.54, 1.807) is 7.11 Å². The standard InChI is InChI=1S/C17H25N3O/c1-12(2)17-15(11-20(4)19-17)10-18-13(3)14-6-8-16(21-5)9-7-14/h6-9,11-13,18H,10H2,1-5H3. The number of benzene rings is 1. The fourth-order valence-corrected chi connectivity index (χ4v) is 2.45. The molecule has 4 heteroatoms. The van der Waals surface area contributed by atoms with Crippen LogP contribution in [0.3, 0.4) is 0 Å². The van der Waals surface area contributed by atoms with E-state index in [4.69, 9.17) is 4.74 Å². The topological polar surface area (TPSA) is 39.1 Å². The van der Waals surface area contributed by atoms with Crippen molar-refractivity contribution in [2.45, 2.75) is 39.3 Å². The lowest BCUT2D eigenvalue weighted by Gasteiger charge is -2.15. The quantitative estimate of drug-likeness (QED) is 0.885. The normalized spacial score (nSPS) is 12.7. The van der Waals surface area contributed by atoms with Gasteiger partial charge in [0.25, 0.3) is 0 Å². The third-order valence-corrected chi connectivity index (χ3v) is 3.70. The Bertz CT molecular complexity index is 572. The second-order valence-corrected chi connectivity index (χ2v) is 5.74. The van der Waals surface area contributed by atoms with Crippen LogP contribution in [-0.4, -0.2) is 16.9 Å². The number of rotatable bonds is 6. The molecule has 1 atom stereocenters. The first kappa shape index (κ1) is 15.6. The van der Waals surface area contributed by atoms with Crippen LogP contribution in [0.4, 0.5) is 0 Å². The number of ether oxygens (including phenoxy) is 1. The monoisotopic (exact) mass is 287 g/mol. The lowest BCUT2D eigenvalue weighted by molar-refractivity contribution is 0.414. The Morgan fingerprint density at radius 2 is 1.86 bits per heavy atom. The molecule has 4 nitrogen and oxygen atoms in total. The van der Waals surface area contributed by atoms with Crippen molar-refractivity contribution in [1.82, 2.24) is 15.1 Å². The molecule has 0 spiro atoms. The summed E-state index contributed by atoms with van der Waals surface area (Å²) in [6.45, 7) is 7.36. The van der Waals surface area contributed by atoms with E-state index >= 15 is 0 Å². The largest absolute Gasteiger partial charge is 0.497 e. The molecule has 1 aromatic carbocycles. The summed E-state index contributed by atoms with van der Waals surface area (Å²) in [4.78, 5) is 0. The Labute approximate surface area is 127 Å². The second kappa shape index (κ2) is 6.76. The van der Waals surface area contributed by atoms with E-state index in [0.717, 1.165) is 12.3 Å². The first-order chi connectivity index (χ1) is 10.0. The molecule has 21 heavy (non-hydrogen) atoms. The zero-order valence-electron chi connectivity index (χ0n) is 13.6. The summed E-state index contributed by atoms with van der Waals surface area (Å²) in [6, 6.07) is 8.48. The van der Waals surface area contributed by atoms with Crippen LogP contribution in [0.5, 0.6) is 5.75 Å². The number of methoxy groups -OCH3 is 1. The SMILES string of the molecule is COc1ccc(C(C)NCc2cn(C)nc2C(C)C)cc1. The summed E-state index contributed by atoms with van der Waals surface area (Å²) in [5, 5.41) is 8.11. The van der Waals surface area contributed by atoms with Crippen LogP contribution in [0, 0.1) is 0 Å². The van der Waals surface area contributed by atoms with Gasteiger partial charge in [-0.1, -0.05) is 26.0 Å². The molecule has 0 amide bonds. The minimum absolute atomic E-state index is 0.288. The average molecular weight is 287 g/mol. The summed E-state index contributed by atoms with van der Waals surface area (Å²) in [5.41, 5.74) is 3.70. The predicted octanol–water partition coefficient (Wildman–Crippen LogP) is 3.40. The Hall–Kier alpha value is -1.81. The fraction of sp³-hybridized carbons (Fsp3) is 0.471. The van der Waals surface area contributed by atoms with Crippen molar-refractivity contribution in [3.05, 3.63) is 47.3 Å². The maximum Gasteiger partial charge on any atom is 0.118 e. The highest BCUT2D eigenvalue weighted by atomic mass is 16.5.